The molecule has 0 bridgehead atoms. The Hall–Kier alpha value is -2.47. The van der Waals surface area contributed by atoms with Crippen molar-refractivity contribution in [1.82, 2.24) is 14.9 Å². The summed E-state index contributed by atoms with van der Waals surface area (Å²) in [7, 11) is 1.67. The number of carbonyl (C=O) groups excluding carboxylic acids is 1. The smallest absolute Gasteiger partial charge is 0.228 e. The number of ether oxygens (including phenoxy) is 1. The molecule has 3 aliphatic rings. The predicted octanol–water partition coefficient (Wildman–Crippen LogP) is 4.35. The molecule has 0 radical (unpaired) electrons. The molecule has 164 valence electrons. The minimum atomic E-state index is 0.126. The number of aromatic nitrogens is 2. The van der Waals surface area contributed by atoms with Crippen molar-refractivity contribution in [2.75, 3.05) is 18.6 Å². The van der Waals surface area contributed by atoms with Crippen LogP contribution < -0.4 is 9.64 Å². The number of anilines is 1. The first-order chi connectivity index (χ1) is 15.2. The van der Waals surface area contributed by atoms with Crippen molar-refractivity contribution in [3.05, 3.63) is 46.9 Å². The van der Waals surface area contributed by atoms with Gasteiger partial charge in [0.15, 0.2) is 0 Å². The van der Waals surface area contributed by atoms with Crippen LogP contribution in [0.4, 0.5) is 5.82 Å². The molecule has 1 aromatic heterocycles. The average Bonchev–Trinajstić information content (AvgIpc) is 3.47. The molecule has 2 aliphatic heterocycles. The zero-order valence-corrected chi connectivity index (χ0v) is 18.6. The van der Waals surface area contributed by atoms with Crippen molar-refractivity contribution in [3.8, 4) is 5.75 Å². The molecule has 2 fully saturated rings. The second-order valence-corrected chi connectivity index (χ2v) is 9.10. The Balaban J connectivity index is 1.50. The molecule has 0 unspecified atom stereocenters. The fourth-order valence-corrected chi connectivity index (χ4v) is 5.66. The second kappa shape index (κ2) is 8.58. The van der Waals surface area contributed by atoms with Gasteiger partial charge < -0.3 is 4.74 Å². The summed E-state index contributed by atoms with van der Waals surface area (Å²) < 4.78 is 5.53. The fourth-order valence-electron chi connectivity index (χ4n) is 5.66. The first-order valence-electron chi connectivity index (χ1n) is 11.7. The van der Waals surface area contributed by atoms with Crippen LogP contribution in [-0.4, -0.2) is 40.5 Å². The predicted molar refractivity (Wildman–Crippen MR) is 120 cm³/mol. The molecule has 31 heavy (non-hydrogen) atoms. The van der Waals surface area contributed by atoms with E-state index in [0.717, 1.165) is 53.6 Å². The Bertz CT molecular complexity index is 970. The van der Waals surface area contributed by atoms with Crippen LogP contribution in [0.1, 0.15) is 73.6 Å². The van der Waals surface area contributed by atoms with E-state index in [0.29, 0.717) is 19.0 Å². The van der Waals surface area contributed by atoms with Gasteiger partial charge in [-0.3, -0.25) is 14.6 Å². The molecule has 1 saturated heterocycles. The average molecular weight is 421 g/mol. The van der Waals surface area contributed by atoms with Crippen molar-refractivity contribution >= 4 is 11.7 Å². The van der Waals surface area contributed by atoms with Gasteiger partial charge >= 0.3 is 0 Å². The standard InChI is InChI=1S/C25H32N4O2/c1-17-20-13-14-23(30)29(16-18-8-3-6-12-22(18)31-2)25(20)27-24(26-17)21-11-7-15-28(21)19-9-4-5-10-19/h3,6,8,12,19,21H,4-5,7,9-11,13-16H2,1-2H3/t21-/m1/s1. The molecule has 0 spiro atoms. The number of rotatable bonds is 5. The van der Waals surface area contributed by atoms with E-state index in [4.69, 9.17) is 14.7 Å². The Kier molecular flexibility index (Phi) is 5.65. The van der Waals surface area contributed by atoms with E-state index in [9.17, 15) is 4.79 Å². The molecule has 2 aromatic rings. The number of likely N-dealkylation sites (tertiary alicyclic amines) is 1. The lowest BCUT2D eigenvalue weighted by Crippen LogP contribution is -2.38. The van der Waals surface area contributed by atoms with Gasteiger partial charge in [-0.15, -0.1) is 0 Å². The van der Waals surface area contributed by atoms with Gasteiger partial charge in [-0.2, -0.15) is 0 Å². The van der Waals surface area contributed by atoms with Crippen LogP contribution in [0.25, 0.3) is 0 Å². The summed E-state index contributed by atoms with van der Waals surface area (Å²) in [5, 5.41) is 0. The van der Waals surface area contributed by atoms with E-state index in [1.54, 1.807) is 7.11 Å². The van der Waals surface area contributed by atoms with Crippen molar-refractivity contribution in [2.45, 2.75) is 76.9 Å². The van der Waals surface area contributed by atoms with E-state index in [1.807, 2.05) is 29.2 Å². The maximum absolute atomic E-state index is 13.0. The third kappa shape index (κ3) is 3.82. The molecular weight excluding hydrogens is 388 g/mol. The van der Waals surface area contributed by atoms with E-state index >= 15 is 0 Å². The van der Waals surface area contributed by atoms with Gasteiger partial charge in [0.1, 0.15) is 17.4 Å². The summed E-state index contributed by atoms with van der Waals surface area (Å²) >= 11 is 0. The summed E-state index contributed by atoms with van der Waals surface area (Å²) in [5.41, 5.74) is 3.14. The van der Waals surface area contributed by atoms with Crippen LogP contribution in [-0.2, 0) is 17.8 Å². The Morgan fingerprint density at radius 3 is 2.68 bits per heavy atom. The van der Waals surface area contributed by atoms with Crippen LogP contribution in [0.15, 0.2) is 24.3 Å². The monoisotopic (exact) mass is 420 g/mol. The molecule has 6 heteroatoms. The first-order valence-corrected chi connectivity index (χ1v) is 11.7. The topological polar surface area (TPSA) is 58.6 Å². The quantitative estimate of drug-likeness (QED) is 0.720. The molecular formula is C25H32N4O2. The largest absolute Gasteiger partial charge is 0.496 e. The SMILES string of the molecule is COc1ccccc1CN1C(=O)CCc2c(C)nc([C@H]3CCCN3C3CCCC3)nc21. The highest BCUT2D eigenvalue weighted by atomic mass is 16.5. The minimum Gasteiger partial charge on any atom is -0.496 e. The van der Waals surface area contributed by atoms with E-state index in [-0.39, 0.29) is 11.9 Å². The van der Waals surface area contributed by atoms with Crippen LogP contribution in [0.3, 0.4) is 0 Å². The Morgan fingerprint density at radius 2 is 1.87 bits per heavy atom. The summed E-state index contributed by atoms with van der Waals surface area (Å²) in [6.07, 6.45) is 8.78. The van der Waals surface area contributed by atoms with Gasteiger partial charge in [-0.25, -0.2) is 9.97 Å². The number of methoxy groups -OCH3 is 1. The second-order valence-electron chi connectivity index (χ2n) is 9.10. The van der Waals surface area contributed by atoms with Crippen molar-refractivity contribution in [1.29, 1.82) is 0 Å². The molecule has 5 rings (SSSR count). The summed E-state index contributed by atoms with van der Waals surface area (Å²) in [5.74, 6) is 2.64. The van der Waals surface area contributed by atoms with Crippen LogP contribution in [0.5, 0.6) is 5.75 Å². The molecule has 1 amide bonds. The lowest BCUT2D eigenvalue weighted by Gasteiger charge is -2.33. The third-order valence-corrected chi connectivity index (χ3v) is 7.26. The number of benzene rings is 1. The molecule has 3 heterocycles. The molecule has 1 atom stereocenters. The van der Waals surface area contributed by atoms with Crippen molar-refractivity contribution < 1.29 is 9.53 Å². The molecule has 1 aromatic carbocycles. The third-order valence-electron chi connectivity index (χ3n) is 7.26. The van der Waals surface area contributed by atoms with Crippen LogP contribution >= 0.6 is 0 Å². The van der Waals surface area contributed by atoms with E-state index in [1.165, 1.54) is 32.1 Å². The Labute approximate surface area is 184 Å². The number of fused-ring (bicyclic) bond motifs is 1. The summed E-state index contributed by atoms with van der Waals surface area (Å²) in [6, 6.07) is 8.85. The summed E-state index contributed by atoms with van der Waals surface area (Å²) in [4.78, 5) is 27.5. The van der Waals surface area contributed by atoms with Crippen LogP contribution in [0, 0.1) is 6.92 Å². The first kappa shape index (κ1) is 20.4. The van der Waals surface area contributed by atoms with Crippen molar-refractivity contribution in [3.63, 3.8) is 0 Å². The highest BCUT2D eigenvalue weighted by molar-refractivity contribution is 5.95. The van der Waals surface area contributed by atoms with Crippen LogP contribution in [0.2, 0.25) is 0 Å². The van der Waals surface area contributed by atoms with Crippen molar-refractivity contribution in [2.24, 2.45) is 0 Å². The van der Waals surface area contributed by atoms with Gasteiger partial charge in [0.2, 0.25) is 5.91 Å². The highest BCUT2D eigenvalue weighted by Crippen LogP contribution is 2.39. The van der Waals surface area contributed by atoms with E-state index in [2.05, 4.69) is 11.8 Å². The fraction of sp³-hybridized carbons (Fsp3) is 0.560. The number of amides is 1. The summed E-state index contributed by atoms with van der Waals surface area (Å²) in [6.45, 7) is 3.69. The molecule has 1 aliphatic carbocycles. The molecule has 0 N–H and O–H groups in total. The number of nitrogens with zero attached hydrogens (tertiary/aromatic N) is 4. The van der Waals surface area contributed by atoms with Gasteiger partial charge in [0.25, 0.3) is 0 Å². The van der Waals surface area contributed by atoms with Gasteiger partial charge in [0.05, 0.1) is 19.7 Å². The lowest BCUT2D eigenvalue weighted by molar-refractivity contribution is -0.119. The lowest BCUT2D eigenvalue weighted by atomic mass is 10.0. The maximum atomic E-state index is 13.0. The number of hydrogen-bond acceptors (Lipinski definition) is 5. The zero-order chi connectivity index (χ0) is 21.4. The highest BCUT2D eigenvalue weighted by Gasteiger charge is 2.36. The maximum Gasteiger partial charge on any atom is 0.228 e. The number of carbonyl (C=O) groups is 1. The Morgan fingerprint density at radius 1 is 1.06 bits per heavy atom. The normalized spacial score (nSPS) is 22.2. The minimum absolute atomic E-state index is 0.126. The van der Waals surface area contributed by atoms with Gasteiger partial charge in [-0.05, 0) is 51.6 Å². The number of aryl methyl sites for hydroxylation is 1. The van der Waals surface area contributed by atoms with E-state index < -0.39 is 0 Å². The van der Waals surface area contributed by atoms with Gasteiger partial charge in [-0.1, -0.05) is 31.0 Å². The number of hydrogen-bond donors (Lipinski definition) is 0. The van der Waals surface area contributed by atoms with Gasteiger partial charge in [0, 0.05) is 29.3 Å². The molecule has 1 saturated carbocycles. The zero-order valence-electron chi connectivity index (χ0n) is 18.6. The molecule has 6 nitrogen and oxygen atoms in total. The number of para-hydroxylation sites is 1.